The van der Waals surface area contributed by atoms with Crippen LogP contribution in [0.4, 0.5) is 5.69 Å². The molecule has 9 heteroatoms. The molecule has 3 aromatic rings. The lowest BCUT2D eigenvalue weighted by atomic mass is 9.90. The molecule has 0 amide bonds. The van der Waals surface area contributed by atoms with Gasteiger partial charge in [-0.05, 0) is 38.2 Å². The fourth-order valence-electron chi connectivity index (χ4n) is 4.27. The molecule has 166 valence electrons. The molecule has 1 saturated heterocycles. The number of benzene rings is 2. The maximum Gasteiger partial charge on any atom is 0.302 e. The van der Waals surface area contributed by atoms with Gasteiger partial charge in [0, 0.05) is 42.2 Å². The van der Waals surface area contributed by atoms with E-state index >= 15 is 0 Å². The summed E-state index contributed by atoms with van der Waals surface area (Å²) in [4.78, 5) is 36.7. The number of rotatable bonds is 5. The second-order valence-electron chi connectivity index (χ2n) is 7.90. The largest absolute Gasteiger partial charge is 0.507 e. The quantitative estimate of drug-likeness (QED) is 0.365. The number of aromatic hydroxyl groups is 1. The van der Waals surface area contributed by atoms with E-state index in [1.54, 1.807) is 6.07 Å². The van der Waals surface area contributed by atoms with Crippen LogP contribution in [-0.4, -0.2) is 47.1 Å². The van der Waals surface area contributed by atoms with Gasteiger partial charge in [-0.1, -0.05) is 6.07 Å². The zero-order chi connectivity index (χ0) is 23.0. The number of esters is 1. The van der Waals surface area contributed by atoms with E-state index in [0.717, 1.165) is 18.5 Å². The van der Waals surface area contributed by atoms with Crippen molar-refractivity contribution in [3.05, 3.63) is 68.4 Å². The van der Waals surface area contributed by atoms with Crippen molar-refractivity contribution in [1.82, 2.24) is 4.90 Å². The van der Waals surface area contributed by atoms with Gasteiger partial charge >= 0.3 is 5.97 Å². The zero-order valence-electron chi connectivity index (χ0n) is 17.6. The number of carbonyl (C=O) groups excluding carboxylic acids is 1. The lowest BCUT2D eigenvalue weighted by molar-refractivity contribution is -0.384. The van der Waals surface area contributed by atoms with E-state index in [0.29, 0.717) is 5.56 Å². The predicted molar refractivity (Wildman–Crippen MR) is 117 cm³/mol. The summed E-state index contributed by atoms with van der Waals surface area (Å²) in [5.41, 5.74) is 1.02. The summed E-state index contributed by atoms with van der Waals surface area (Å²) in [7, 11) is 1.94. The molecule has 0 aliphatic carbocycles. The van der Waals surface area contributed by atoms with E-state index in [9.17, 15) is 24.8 Å². The Morgan fingerprint density at radius 1 is 1.28 bits per heavy atom. The molecule has 32 heavy (non-hydrogen) atoms. The Labute approximate surface area is 183 Å². The van der Waals surface area contributed by atoms with Gasteiger partial charge in [-0.3, -0.25) is 24.6 Å². The molecule has 1 N–H and O–H groups in total. The van der Waals surface area contributed by atoms with E-state index in [1.165, 1.54) is 43.3 Å². The minimum atomic E-state index is -0.504. The van der Waals surface area contributed by atoms with Crippen LogP contribution in [0.25, 0.3) is 22.3 Å². The molecule has 2 unspecified atom stereocenters. The Bertz CT molecular complexity index is 1250. The maximum atomic E-state index is 12.9. The molecule has 0 bridgehead atoms. The van der Waals surface area contributed by atoms with Crippen molar-refractivity contribution in [2.75, 3.05) is 20.2 Å². The molecule has 2 atom stereocenters. The Hall–Kier alpha value is -3.72. The molecule has 0 saturated carbocycles. The maximum absolute atomic E-state index is 12.9. The summed E-state index contributed by atoms with van der Waals surface area (Å²) in [6.45, 7) is 2.33. The zero-order valence-corrected chi connectivity index (χ0v) is 17.6. The highest BCUT2D eigenvalue weighted by Gasteiger charge is 2.35. The molecular weight excluding hydrogens is 416 g/mol. The van der Waals surface area contributed by atoms with Crippen LogP contribution < -0.4 is 5.43 Å². The van der Waals surface area contributed by atoms with Crippen LogP contribution in [0.2, 0.25) is 0 Å². The summed E-state index contributed by atoms with van der Waals surface area (Å²) in [5.74, 6) is -0.396. The first kappa shape index (κ1) is 21.5. The number of carbonyl (C=O) groups is 1. The van der Waals surface area contributed by atoms with E-state index in [1.807, 2.05) is 7.05 Å². The van der Waals surface area contributed by atoms with Crippen LogP contribution in [0.3, 0.4) is 0 Å². The van der Waals surface area contributed by atoms with Crippen molar-refractivity contribution >= 4 is 22.6 Å². The summed E-state index contributed by atoms with van der Waals surface area (Å²) in [6, 6.07) is 10.1. The molecule has 9 nitrogen and oxygen atoms in total. The number of phenolic OH excluding ortho intramolecular Hbond substituents is 1. The highest BCUT2D eigenvalue weighted by molar-refractivity contribution is 5.87. The average Bonchev–Trinajstić information content (AvgIpc) is 3.12. The van der Waals surface area contributed by atoms with Crippen LogP contribution in [0.1, 0.15) is 24.8 Å². The van der Waals surface area contributed by atoms with E-state index in [-0.39, 0.29) is 52.7 Å². The third kappa shape index (κ3) is 3.94. The monoisotopic (exact) mass is 438 g/mol. The molecule has 0 spiro atoms. The van der Waals surface area contributed by atoms with Gasteiger partial charge in [-0.2, -0.15) is 0 Å². The second kappa shape index (κ2) is 8.43. The Balaban J connectivity index is 1.83. The van der Waals surface area contributed by atoms with Gasteiger partial charge in [-0.15, -0.1) is 0 Å². The fourth-order valence-corrected chi connectivity index (χ4v) is 4.27. The number of nitrogens with zero attached hydrogens (tertiary/aromatic N) is 2. The Kier molecular flexibility index (Phi) is 5.67. The Morgan fingerprint density at radius 2 is 2.00 bits per heavy atom. The van der Waals surface area contributed by atoms with Crippen molar-refractivity contribution in [3.63, 3.8) is 0 Å². The number of likely N-dealkylation sites (N-methyl/N-ethyl adjacent to an activating group) is 1. The number of nitro benzene ring substituents is 1. The van der Waals surface area contributed by atoms with Gasteiger partial charge in [0.1, 0.15) is 29.1 Å². The molecule has 1 aliphatic rings. The normalized spacial score (nSPS) is 18.7. The minimum Gasteiger partial charge on any atom is -0.507 e. The molecule has 1 aliphatic heterocycles. The minimum absolute atomic E-state index is 0.0717. The van der Waals surface area contributed by atoms with Gasteiger partial charge < -0.3 is 14.3 Å². The summed E-state index contributed by atoms with van der Waals surface area (Å²) in [6.07, 6.45) is 0.758. The van der Waals surface area contributed by atoms with Gasteiger partial charge in [0.2, 0.25) is 0 Å². The second-order valence-corrected chi connectivity index (χ2v) is 7.90. The number of nitro groups is 1. The van der Waals surface area contributed by atoms with Gasteiger partial charge in [0.25, 0.3) is 5.69 Å². The highest BCUT2D eigenvalue weighted by atomic mass is 16.6. The average molecular weight is 438 g/mol. The van der Waals surface area contributed by atoms with Crippen LogP contribution in [0.15, 0.2) is 51.7 Å². The smallest absolute Gasteiger partial charge is 0.302 e. The molecular formula is C23H22N2O7. The molecule has 4 rings (SSSR count). The third-order valence-corrected chi connectivity index (χ3v) is 5.93. The number of likely N-dealkylation sites (tertiary alicyclic amines) is 1. The number of phenols is 1. The third-order valence-electron chi connectivity index (χ3n) is 5.93. The van der Waals surface area contributed by atoms with Crippen molar-refractivity contribution in [2.45, 2.75) is 25.3 Å². The van der Waals surface area contributed by atoms with Crippen LogP contribution in [0.5, 0.6) is 5.75 Å². The first-order chi connectivity index (χ1) is 15.3. The molecule has 0 radical (unpaired) electrons. The van der Waals surface area contributed by atoms with E-state index in [2.05, 4.69) is 4.90 Å². The number of hydrogen-bond acceptors (Lipinski definition) is 8. The number of ether oxygens (including phenoxy) is 1. The van der Waals surface area contributed by atoms with Gasteiger partial charge in [0.15, 0.2) is 5.43 Å². The van der Waals surface area contributed by atoms with Crippen LogP contribution in [0, 0.1) is 10.1 Å². The molecule has 2 heterocycles. The van der Waals surface area contributed by atoms with E-state index < -0.39 is 10.4 Å². The molecule has 1 fully saturated rings. The number of non-ortho nitro benzene ring substituents is 1. The number of fused-ring (bicyclic) bond motifs is 1. The first-order valence-electron chi connectivity index (χ1n) is 10.1. The van der Waals surface area contributed by atoms with Crippen molar-refractivity contribution in [3.8, 4) is 17.1 Å². The molecule has 2 aromatic carbocycles. The van der Waals surface area contributed by atoms with Crippen molar-refractivity contribution in [2.24, 2.45) is 0 Å². The predicted octanol–water partition coefficient (Wildman–Crippen LogP) is 3.42. The molecule has 1 aromatic heterocycles. The summed E-state index contributed by atoms with van der Waals surface area (Å²) >= 11 is 0. The first-order valence-corrected chi connectivity index (χ1v) is 10.1. The van der Waals surface area contributed by atoms with Crippen LogP contribution >= 0.6 is 0 Å². The van der Waals surface area contributed by atoms with Crippen molar-refractivity contribution < 1.29 is 24.0 Å². The topological polar surface area (TPSA) is 123 Å². The summed E-state index contributed by atoms with van der Waals surface area (Å²) in [5, 5.41) is 21.4. The Morgan fingerprint density at radius 3 is 2.66 bits per heavy atom. The SMILES string of the molecule is CC(=O)OCC1C(c2ccc(O)c3c(=O)cc(-c4ccc([N+](=O)[O-])cc4)oc23)CCN1C. The van der Waals surface area contributed by atoms with Gasteiger partial charge in [0.05, 0.1) is 11.0 Å². The van der Waals surface area contributed by atoms with Crippen molar-refractivity contribution in [1.29, 1.82) is 0 Å². The van der Waals surface area contributed by atoms with Crippen LogP contribution in [-0.2, 0) is 9.53 Å². The lowest BCUT2D eigenvalue weighted by Crippen LogP contribution is -2.33. The summed E-state index contributed by atoms with van der Waals surface area (Å²) < 4.78 is 11.4. The lowest BCUT2D eigenvalue weighted by Gasteiger charge is -2.25. The standard InChI is InChI=1S/C23H22N2O7/c1-13(26)31-12-18-16(9-10-24(18)2)17-7-8-19(27)22-20(28)11-21(32-23(17)22)14-3-5-15(6-4-14)25(29)30/h3-8,11,16,18,27H,9-10,12H2,1-2H3. The van der Waals surface area contributed by atoms with Gasteiger partial charge in [-0.25, -0.2) is 0 Å². The van der Waals surface area contributed by atoms with E-state index in [4.69, 9.17) is 9.15 Å². The highest BCUT2D eigenvalue weighted by Crippen LogP contribution is 2.39. The fraction of sp³-hybridized carbons (Fsp3) is 0.304. The number of hydrogen-bond donors (Lipinski definition) is 1.